The predicted molar refractivity (Wildman–Crippen MR) is 79.7 cm³/mol. The quantitative estimate of drug-likeness (QED) is 0.698. The maximum absolute atomic E-state index is 11.3. The third kappa shape index (κ3) is 4.94. The van der Waals surface area contributed by atoms with Crippen molar-refractivity contribution in [2.24, 2.45) is 11.8 Å². The van der Waals surface area contributed by atoms with Gasteiger partial charge in [0.05, 0.1) is 25.2 Å². The van der Waals surface area contributed by atoms with Crippen LogP contribution >= 0.6 is 0 Å². The van der Waals surface area contributed by atoms with Gasteiger partial charge in [0.2, 0.25) is 0 Å². The van der Waals surface area contributed by atoms with Gasteiger partial charge < -0.3 is 19.3 Å². The van der Waals surface area contributed by atoms with E-state index < -0.39 is 6.10 Å². The molecule has 0 aromatic carbocycles. The number of aliphatic hydroxyl groups is 1. The molecule has 0 bridgehead atoms. The number of methoxy groups -OCH3 is 2. The normalized spacial score (nSPS) is 31.9. The zero-order chi connectivity index (χ0) is 16.0. The molecule has 5 heteroatoms. The van der Waals surface area contributed by atoms with E-state index in [2.05, 4.69) is 18.6 Å². The van der Waals surface area contributed by atoms with Crippen molar-refractivity contribution in [1.82, 2.24) is 0 Å². The Labute approximate surface area is 128 Å². The third-order valence-corrected chi connectivity index (χ3v) is 4.60. The lowest BCUT2D eigenvalue weighted by molar-refractivity contribution is -0.169. The summed E-state index contributed by atoms with van der Waals surface area (Å²) in [4.78, 5) is 11.3. The summed E-state index contributed by atoms with van der Waals surface area (Å²) in [6, 6.07) is 0. The maximum atomic E-state index is 11.3. The fraction of sp³-hybridized carbons (Fsp3) is 0.938. The highest BCUT2D eigenvalue weighted by atomic mass is 16.7. The molecule has 1 N–H and O–H groups in total. The van der Waals surface area contributed by atoms with Crippen LogP contribution in [-0.4, -0.2) is 43.3 Å². The minimum Gasteiger partial charge on any atom is -0.469 e. The average Bonchev–Trinajstić information content (AvgIpc) is 2.81. The molecule has 0 spiro atoms. The minimum absolute atomic E-state index is 0.0159. The van der Waals surface area contributed by atoms with Crippen LogP contribution in [0.5, 0.6) is 0 Å². The molecule has 1 heterocycles. The van der Waals surface area contributed by atoms with Gasteiger partial charge in [-0.25, -0.2) is 0 Å². The van der Waals surface area contributed by atoms with Gasteiger partial charge in [0, 0.05) is 13.0 Å². The van der Waals surface area contributed by atoms with Crippen molar-refractivity contribution in [2.75, 3.05) is 14.2 Å². The summed E-state index contributed by atoms with van der Waals surface area (Å²) in [5.74, 6) is 0.0251. The summed E-state index contributed by atoms with van der Waals surface area (Å²) >= 11 is 0. The van der Waals surface area contributed by atoms with Crippen molar-refractivity contribution in [3.05, 3.63) is 0 Å². The SMILES string of the molecule is CCC1C[C@@](C)(C[C@@H](CC)[C@H](O)CC(=O)OC)O[C@@H]1OC. The highest BCUT2D eigenvalue weighted by Gasteiger charge is 2.44. The molecule has 1 aliphatic rings. The van der Waals surface area contributed by atoms with Crippen molar-refractivity contribution in [3.63, 3.8) is 0 Å². The number of ether oxygens (including phenoxy) is 3. The number of rotatable bonds is 8. The Hall–Kier alpha value is -0.650. The van der Waals surface area contributed by atoms with Crippen molar-refractivity contribution < 1.29 is 24.1 Å². The Morgan fingerprint density at radius 2 is 2.10 bits per heavy atom. The molecule has 0 saturated carbocycles. The van der Waals surface area contributed by atoms with E-state index in [1.54, 1.807) is 7.11 Å². The largest absolute Gasteiger partial charge is 0.469 e. The minimum atomic E-state index is -0.690. The number of esters is 1. The number of hydrogen-bond donors (Lipinski definition) is 1. The topological polar surface area (TPSA) is 65.0 Å². The first-order chi connectivity index (χ1) is 9.88. The molecule has 0 aromatic rings. The van der Waals surface area contributed by atoms with Gasteiger partial charge in [0.25, 0.3) is 0 Å². The van der Waals surface area contributed by atoms with Gasteiger partial charge in [-0.15, -0.1) is 0 Å². The molecular formula is C16H30O5. The second-order valence-corrected chi connectivity index (χ2v) is 6.26. The van der Waals surface area contributed by atoms with Crippen LogP contribution in [-0.2, 0) is 19.0 Å². The van der Waals surface area contributed by atoms with Gasteiger partial charge in [0.15, 0.2) is 6.29 Å². The molecule has 5 nitrogen and oxygen atoms in total. The van der Waals surface area contributed by atoms with E-state index in [4.69, 9.17) is 9.47 Å². The van der Waals surface area contributed by atoms with Crippen LogP contribution in [0, 0.1) is 11.8 Å². The molecule has 0 radical (unpaired) electrons. The molecule has 1 unspecified atom stereocenters. The van der Waals surface area contributed by atoms with Crippen LogP contribution in [0.4, 0.5) is 0 Å². The molecule has 124 valence electrons. The third-order valence-electron chi connectivity index (χ3n) is 4.60. The summed E-state index contributed by atoms with van der Waals surface area (Å²) < 4.78 is 16.1. The number of carbonyl (C=O) groups is 1. The lowest BCUT2D eigenvalue weighted by Gasteiger charge is -2.31. The second-order valence-electron chi connectivity index (χ2n) is 6.26. The Bertz CT molecular complexity index is 319. The summed E-state index contributed by atoms with van der Waals surface area (Å²) in [5, 5.41) is 10.2. The highest BCUT2D eigenvalue weighted by Crippen LogP contribution is 2.42. The Kier molecular flexibility index (Phi) is 7.10. The lowest BCUT2D eigenvalue weighted by atomic mass is 9.82. The monoisotopic (exact) mass is 302 g/mol. The van der Waals surface area contributed by atoms with Gasteiger partial charge in [-0.05, 0) is 32.1 Å². The summed E-state index contributed by atoms with van der Waals surface area (Å²) in [6.45, 7) is 6.23. The van der Waals surface area contributed by atoms with E-state index >= 15 is 0 Å². The van der Waals surface area contributed by atoms with Gasteiger partial charge in [-0.3, -0.25) is 4.79 Å². The van der Waals surface area contributed by atoms with E-state index in [-0.39, 0.29) is 30.2 Å². The zero-order valence-electron chi connectivity index (χ0n) is 13.9. The van der Waals surface area contributed by atoms with Crippen molar-refractivity contribution in [2.45, 2.75) is 70.9 Å². The van der Waals surface area contributed by atoms with Gasteiger partial charge in [0.1, 0.15) is 0 Å². The van der Waals surface area contributed by atoms with Gasteiger partial charge >= 0.3 is 5.97 Å². The molecule has 0 aromatic heterocycles. The standard InChI is InChI=1S/C16H30O5/c1-6-11(13(17)8-14(18)19-4)9-16(3)10-12(7-2)15(20-5)21-16/h11-13,15,17H,6-10H2,1-5H3/t11-,12?,13-,15+,16-/m1/s1. The van der Waals surface area contributed by atoms with Crippen LogP contribution in [0.15, 0.2) is 0 Å². The van der Waals surface area contributed by atoms with Crippen molar-refractivity contribution in [3.8, 4) is 0 Å². The summed E-state index contributed by atoms with van der Waals surface area (Å²) in [7, 11) is 3.01. The highest BCUT2D eigenvalue weighted by molar-refractivity contribution is 5.69. The first-order valence-electron chi connectivity index (χ1n) is 7.84. The molecule has 5 atom stereocenters. The molecular weight excluding hydrogens is 272 g/mol. The van der Waals surface area contributed by atoms with Crippen molar-refractivity contribution in [1.29, 1.82) is 0 Å². The van der Waals surface area contributed by atoms with E-state index in [1.807, 2.05) is 6.92 Å². The maximum Gasteiger partial charge on any atom is 0.308 e. The number of aliphatic hydroxyl groups excluding tert-OH is 1. The van der Waals surface area contributed by atoms with Crippen molar-refractivity contribution >= 4 is 5.97 Å². The second kappa shape index (κ2) is 8.11. The molecule has 1 aliphatic heterocycles. The molecule has 1 saturated heterocycles. The van der Waals surface area contributed by atoms with E-state index in [0.29, 0.717) is 5.92 Å². The van der Waals surface area contributed by atoms with Crippen LogP contribution in [0.25, 0.3) is 0 Å². The fourth-order valence-corrected chi connectivity index (χ4v) is 3.31. The molecule has 1 fully saturated rings. The van der Waals surface area contributed by atoms with Crippen LogP contribution < -0.4 is 0 Å². The fourth-order valence-electron chi connectivity index (χ4n) is 3.31. The molecule has 0 amide bonds. The van der Waals surface area contributed by atoms with Crippen LogP contribution in [0.3, 0.4) is 0 Å². The molecule has 21 heavy (non-hydrogen) atoms. The molecule has 1 rings (SSSR count). The number of hydrogen-bond acceptors (Lipinski definition) is 5. The van der Waals surface area contributed by atoms with Gasteiger partial charge in [-0.2, -0.15) is 0 Å². The van der Waals surface area contributed by atoms with Crippen LogP contribution in [0.1, 0.15) is 52.9 Å². The number of carbonyl (C=O) groups excluding carboxylic acids is 1. The zero-order valence-corrected chi connectivity index (χ0v) is 13.9. The van der Waals surface area contributed by atoms with E-state index in [9.17, 15) is 9.90 Å². The van der Waals surface area contributed by atoms with Gasteiger partial charge in [-0.1, -0.05) is 20.3 Å². The van der Waals surface area contributed by atoms with E-state index in [0.717, 1.165) is 25.7 Å². The van der Waals surface area contributed by atoms with Crippen LogP contribution in [0.2, 0.25) is 0 Å². The summed E-state index contributed by atoms with van der Waals surface area (Å²) in [6.07, 6.45) is 2.62. The first kappa shape index (κ1) is 18.4. The Balaban J connectivity index is 2.65. The lowest BCUT2D eigenvalue weighted by Crippen LogP contribution is -2.34. The Morgan fingerprint density at radius 3 is 2.52 bits per heavy atom. The summed E-state index contributed by atoms with van der Waals surface area (Å²) in [5.41, 5.74) is -0.306. The predicted octanol–water partition coefficient (Wildman–Crippen LogP) is 2.50. The smallest absolute Gasteiger partial charge is 0.308 e. The average molecular weight is 302 g/mol. The Morgan fingerprint density at radius 1 is 1.43 bits per heavy atom. The van der Waals surface area contributed by atoms with E-state index in [1.165, 1.54) is 7.11 Å². The molecule has 0 aliphatic carbocycles. The first-order valence-corrected chi connectivity index (χ1v) is 7.84.